The van der Waals surface area contributed by atoms with E-state index in [4.69, 9.17) is 0 Å². The molecule has 114 valence electrons. The first-order valence-electron chi connectivity index (χ1n) is 7.00. The van der Waals surface area contributed by atoms with Crippen LogP contribution in [0.2, 0.25) is 0 Å². The van der Waals surface area contributed by atoms with Gasteiger partial charge in [0.1, 0.15) is 5.56 Å². The number of aryl methyl sites for hydroxylation is 1. The number of H-pyrrole nitrogens is 1. The van der Waals surface area contributed by atoms with Gasteiger partial charge in [-0.1, -0.05) is 13.8 Å². The zero-order valence-electron chi connectivity index (χ0n) is 12.5. The third-order valence-corrected chi connectivity index (χ3v) is 4.41. The van der Waals surface area contributed by atoms with Gasteiger partial charge in [0.05, 0.1) is 5.41 Å². The summed E-state index contributed by atoms with van der Waals surface area (Å²) in [5.41, 5.74) is -0.521. The topological polar surface area (TPSA) is 90.5 Å². The minimum absolute atomic E-state index is 0.0607. The van der Waals surface area contributed by atoms with Crippen LogP contribution in [0.15, 0.2) is 17.1 Å². The summed E-state index contributed by atoms with van der Waals surface area (Å²) in [5, 5.41) is 9.49. The summed E-state index contributed by atoms with van der Waals surface area (Å²) < 4.78 is 0. The maximum absolute atomic E-state index is 12.4. The molecule has 2 N–H and O–H groups in total. The average molecular weight is 292 g/mol. The number of aromatic amines is 1. The van der Waals surface area contributed by atoms with Crippen LogP contribution in [0.4, 0.5) is 0 Å². The fraction of sp³-hybridized carbons (Fsp3) is 0.533. The Hall–Kier alpha value is -2.11. The van der Waals surface area contributed by atoms with Crippen molar-refractivity contribution in [2.24, 2.45) is 11.3 Å². The van der Waals surface area contributed by atoms with Gasteiger partial charge in [-0.3, -0.25) is 14.4 Å². The molecular weight excluding hydrogens is 272 g/mol. The van der Waals surface area contributed by atoms with E-state index in [1.165, 1.54) is 17.2 Å². The molecule has 2 rings (SSSR count). The highest BCUT2D eigenvalue weighted by molar-refractivity contribution is 5.94. The van der Waals surface area contributed by atoms with Gasteiger partial charge in [-0.15, -0.1) is 0 Å². The first-order chi connectivity index (χ1) is 9.78. The second-order valence-electron chi connectivity index (χ2n) is 5.99. The minimum atomic E-state index is -0.923. The quantitative estimate of drug-likeness (QED) is 0.877. The van der Waals surface area contributed by atoms with Crippen LogP contribution in [0.1, 0.15) is 36.3 Å². The van der Waals surface area contributed by atoms with Gasteiger partial charge in [-0.25, -0.2) is 0 Å². The number of carboxylic acid groups (broad SMARTS) is 1. The van der Waals surface area contributed by atoms with Crippen LogP contribution >= 0.6 is 0 Å². The Balaban J connectivity index is 2.27. The van der Waals surface area contributed by atoms with Gasteiger partial charge >= 0.3 is 5.97 Å². The van der Waals surface area contributed by atoms with Crippen molar-refractivity contribution in [1.29, 1.82) is 0 Å². The fourth-order valence-corrected chi connectivity index (χ4v) is 2.81. The lowest BCUT2D eigenvalue weighted by atomic mass is 9.76. The number of aliphatic carboxylic acids is 1. The van der Waals surface area contributed by atoms with Gasteiger partial charge in [0, 0.05) is 31.0 Å². The lowest BCUT2D eigenvalue weighted by Crippen LogP contribution is -2.41. The molecule has 1 aromatic rings. The molecule has 2 heterocycles. The summed E-state index contributed by atoms with van der Waals surface area (Å²) in [7, 11) is 0. The number of likely N-dealkylation sites (tertiary alicyclic amines) is 1. The zero-order valence-corrected chi connectivity index (χ0v) is 12.5. The predicted molar refractivity (Wildman–Crippen MR) is 77.2 cm³/mol. The van der Waals surface area contributed by atoms with Crippen molar-refractivity contribution in [2.45, 2.75) is 27.2 Å². The average Bonchev–Trinajstić information content (AvgIpc) is 2.84. The Morgan fingerprint density at radius 3 is 2.57 bits per heavy atom. The molecule has 0 spiro atoms. The Morgan fingerprint density at radius 1 is 1.43 bits per heavy atom. The van der Waals surface area contributed by atoms with Gasteiger partial charge in [0.25, 0.3) is 5.91 Å². The lowest BCUT2D eigenvalue weighted by molar-refractivity contribution is -0.150. The number of hydrogen-bond donors (Lipinski definition) is 2. The molecule has 21 heavy (non-hydrogen) atoms. The molecule has 1 aromatic heterocycles. The number of aromatic nitrogens is 1. The van der Waals surface area contributed by atoms with E-state index in [1.54, 1.807) is 6.92 Å². The molecule has 0 saturated carbocycles. The van der Waals surface area contributed by atoms with Gasteiger partial charge in [-0.05, 0) is 19.3 Å². The number of amides is 1. The highest BCUT2D eigenvalue weighted by Gasteiger charge is 2.48. The highest BCUT2D eigenvalue weighted by atomic mass is 16.4. The monoisotopic (exact) mass is 292 g/mol. The number of hydrogen-bond acceptors (Lipinski definition) is 3. The number of carbonyl (C=O) groups is 2. The number of nitrogens with zero attached hydrogens (tertiary/aromatic N) is 1. The van der Waals surface area contributed by atoms with Crippen molar-refractivity contribution in [3.63, 3.8) is 0 Å². The van der Waals surface area contributed by atoms with Crippen molar-refractivity contribution in [2.75, 3.05) is 13.1 Å². The normalized spacial score (nSPS) is 21.8. The van der Waals surface area contributed by atoms with E-state index in [0.29, 0.717) is 18.7 Å². The number of nitrogens with one attached hydrogen (secondary N) is 1. The van der Waals surface area contributed by atoms with E-state index >= 15 is 0 Å². The molecule has 1 amide bonds. The number of pyridine rings is 1. The van der Waals surface area contributed by atoms with Crippen molar-refractivity contribution in [1.82, 2.24) is 9.88 Å². The molecule has 1 unspecified atom stereocenters. The van der Waals surface area contributed by atoms with Gasteiger partial charge in [0.15, 0.2) is 5.43 Å². The summed E-state index contributed by atoms with van der Waals surface area (Å²) in [4.78, 5) is 40.2. The van der Waals surface area contributed by atoms with Crippen LogP contribution in [-0.2, 0) is 4.79 Å². The van der Waals surface area contributed by atoms with Crippen LogP contribution in [0.3, 0.4) is 0 Å². The van der Waals surface area contributed by atoms with E-state index in [0.717, 1.165) is 0 Å². The molecule has 1 saturated heterocycles. The van der Waals surface area contributed by atoms with Crippen molar-refractivity contribution in [3.8, 4) is 0 Å². The molecular formula is C15H20N2O4. The third-order valence-electron chi connectivity index (χ3n) is 4.41. The Kier molecular flexibility index (Phi) is 3.89. The molecule has 0 bridgehead atoms. The van der Waals surface area contributed by atoms with Gasteiger partial charge in [0.2, 0.25) is 0 Å². The van der Waals surface area contributed by atoms with Crippen LogP contribution < -0.4 is 5.43 Å². The van der Waals surface area contributed by atoms with Crippen molar-refractivity contribution >= 4 is 11.9 Å². The van der Waals surface area contributed by atoms with Crippen LogP contribution in [0.5, 0.6) is 0 Å². The van der Waals surface area contributed by atoms with Crippen LogP contribution in [0, 0.1) is 18.3 Å². The van der Waals surface area contributed by atoms with Gasteiger partial charge in [-0.2, -0.15) is 0 Å². The molecule has 1 aliphatic rings. The fourth-order valence-electron chi connectivity index (χ4n) is 2.81. The summed E-state index contributed by atoms with van der Waals surface area (Å²) in [6.07, 6.45) is 1.81. The zero-order chi connectivity index (χ0) is 15.8. The maximum atomic E-state index is 12.4. The smallest absolute Gasteiger partial charge is 0.311 e. The van der Waals surface area contributed by atoms with E-state index in [1.807, 2.05) is 13.8 Å². The molecule has 1 atom stereocenters. The highest BCUT2D eigenvalue weighted by Crippen LogP contribution is 2.38. The maximum Gasteiger partial charge on any atom is 0.311 e. The largest absolute Gasteiger partial charge is 0.481 e. The SMILES string of the molecule is Cc1cc(=O)c(C(=O)N2CCC(C(=O)O)(C(C)C)C2)c[nH]1. The molecule has 0 radical (unpaired) electrons. The molecule has 6 heteroatoms. The van der Waals surface area contributed by atoms with E-state index < -0.39 is 17.3 Å². The molecule has 1 aliphatic heterocycles. The van der Waals surface area contributed by atoms with Crippen LogP contribution in [-0.4, -0.2) is 40.0 Å². The summed E-state index contributed by atoms with van der Waals surface area (Å²) in [6, 6.07) is 1.37. The second kappa shape index (κ2) is 5.35. The number of carbonyl (C=O) groups excluding carboxylic acids is 1. The first kappa shape index (κ1) is 15.3. The standard InChI is InChI=1S/C15H20N2O4/c1-9(2)15(14(20)21)4-5-17(8-15)13(19)11-7-16-10(3)6-12(11)18/h6-7,9H,4-5,8H2,1-3H3,(H,16,18)(H,20,21). The summed E-state index contributed by atoms with van der Waals surface area (Å²) >= 11 is 0. The molecule has 6 nitrogen and oxygen atoms in total. The Bertz CT molecular complexity index is 635. The van der Waals surface area contributed by atoms with E-state index in [9.17, 15) is 19.5 Å². The summed E-state index contributed by atoms with van der Waals surface area (Å²) in [5.74, 6) is -1.37. The predicted octanol–water partition coefficient (Wildman–Crippen LogP) is 1.26. The molecule has 0 aromatic carbocycles. The lowest BCUT2D eigenvalue weighted by Gasteiger charge is -2.28. The molecule has 1 fully saturated rings. The van der Waals surface area contributed by atoms with Crippen molar-refractivity contribution in [3.05, 3.63) is 33.7 Å². The summed E-state index contributed by atoms with van der Waals surface area (Å²) in [6.45, 7) is 5.93. The van der Waals surface area contributed by atoms with Crippen molar-refractivity contribution < 1.29 is 14.7 Å². The first-order valence-corrected chi connectivity index (χ1v) is 7.00. The number of carboxylic acids is 1. The van der Waals surface area contributed by atoms with E-state index in [-0.39, 0.29) is 23.5 Å². The Labute approximate surface area is 122 Å². The van der Waals surface area contributed by atoms with Gasteiger partial charge < -0.3 is 15.0 Å². The second-order valence-corrected chi connectivity index (χ2v) is 5.99. The van der Waals surface area contributed by atoms with Crippen LogP contribution in [0.25, 0.3) is 0 Å². The number of rotatable bonds is 3. The molecule has 0 aliphatic carbocycles. The third kappa shape index (κ3) is 2.57. The minimum Gasteiger partial charge on any atom is -0.481 e. The van der Waals surface area contributed by atoms with E-state index in [2.05, 4.69) is 4.98 Å². The Morgan fingerprint density at radius 2 is 2.10 bits per heavy atom.